The van der Waals surface area contributed by atoms with Crippen LogP contribution in [-0.2, 0) is 4.79 Å². The summed E-state index contributed by atoms with van der Waals surface area (Å²) in [6.07, 6.45) is -7.75. The summed E-state index contributed by atoms with van der Waals surface area (Å²) in [5, 5.41) is 2.03. The number of nitrogens with one attached hydrogen (secondary N) is 1. The molecule has 110 valence electrons. The zero-order valence-electron chi connectivity index (χ0n) is 10.2. The summed E-state index contributed by atoms with van der Waals surface area (Å²) in [6.45, 7) is 1.15. The molecular weight excluding hydrogens is 276 g/mol. The van der Waals surface area contributed by atoms with Crippen molar-refractivity contribution in [1.29, 1.82) is 0 Å². The summed E-state index contributed by atoms with van der Waals surface area (Å²) in [5.74, 6) is -1.91. The molecule has 0 saturated carbocycles. The number of allylic oxidation sites excluding steroid dienone is 2. The summed E-state index contributed by atoms with van der Waals surface area (Å²) >= 11 is 0. The molecule has 1 amide bonds. The van der Waals surface area contributed by atoms with E-state index in [0.29, 0.717) is 12.2 Å². The summed E-state index contributed by atoms with van der Waals surface area (Å²) in [6, 6.07) is 0. The Hall–Kier alpha value is -1.47. The molecule has 0 aliphatic rings. The zero-order chi connectivity index (χ0) is 15.3. The molecule has 19 heavy (non-hydrogen) atoms. The van der Waals surface area contributed by atoms with Crippen LogP contribution in [0, 0.1) is 5.92 Å². The van der Waals surface area contributed by atoms with Crippen LogP contribution in [0.4, 0.5) is 26.3 Å². The largest absolute Gasteiger partial charge is 0.412 e. The minimum absolute atomic E-state index is 0.197. The van der Waals surface area contributed by atoms with E-state index in [-0.39, 0.29) is 12.0 Å². The summed E-state index contributed by atoms with van der Waals surface area (Å²) < 4.78 is 73.9. The zero-order valence-corrected chi connectivity index (χ0v) is 10.2. The topological polar surface area (TPSA) is 29.1 Å². The van der Waals surface area contributed by atoms with Gasteiger partial charge in [0.05, 0.1) is 5.92 Å². The third-order valence-electron chi connectivity index (χ3n) is 2.22. The molecule has 0 saturated heterocycles. The van der Waals surface area contributed by atoms with Crippen molar-refractivity contribution in [2.24, 2.45) is 5.92 Å². The predicted octanol–water partition coefficient (Wildman–Crippen LogP) is 3.37. The highest BCUT2D eigenvalue weighted by molar-refractivity contribution is 5.47. The standard InChI is InChI=1S/C11H13F6NO/c1-7(10(12,13)14)3-9(5-18-6-19)4-8(2)11(15,16)17/h3-4,6-7H,5H2,1-2H3,(H,18,19)/b8-4+,9-3+. The molecule has 0 heterocycles. The first-order chi connectivity index (χ1) is 8.48. The van der Waals surface area contributed by atoms with Crippen molar-refractivity contribution in [3.05, 3.63) is 23.3 Å². The predicted molar refractivity (Wildman–Crippen MR) is 57.2 cm³/mol. The number of carbonyl (C=O) groups is 1. The van der Waals surface area contributed by atoms with Gasteiger partial charge in [-0.1, -0.05) is 13.0 Å². The Kier molecular flexibility index (Phi) is 6.11. The molecule has 0 aromatic rings. The van der Waals surface area contributed by atoms with E-state index in [0.717, 1.165) is 13.8 Å². The maximum atomic E-state index is 12.3. The van der Waals surface area contributed by atoms with Gasteiger partial charge in [0.25, 0.3) is 0 Å². The fourth-order valence-electron chi connectivity index (χ4n) is 1.09. The Morgan fingerprint density at radius 2 is 1.74 bits per heavy atom. The number of rotatable bonds is 5. The Labute approximate surface area is 106 Å². The quantitative estimate of drug-likeness (QED) is 0.469. The first-order valence-corrected chi connectivity index (χ1v) is 5.18. The van der Waals surface area contributed by atoms with Gasteiger partial charge in [-0.25, -0.2) is 0 Å². The van der Waals surface area contributed by atoms with Gasteiger partial charge in [0.2, 0.25) is 6.41 Å². The van der Waals surface area contributed by atoms with Crippen LogP contribution < -0.4 is 5.32 Å². The summed E-state index contributed by atoms with van der Waals surface area (Å²) in [4.78, 5) is 10.1. The number of hydrogen-bond donors (Lipinski definition) is 1. The van der Waals surface area contributed by atoms with Gasteiger partial charge in [0, 0.05) is 12.1 Å². The lowest BCUT2D eigenvalue weighted by Crippen LogP contribution is -2.21. The van der Waals surface area contributed by atoms with E-state index in [4.69, 9.17) is 0 Å². The Morgan fingerprint density at radius 1 is 1.21 bits per heavy atom. The molecule has 0 aromatic carbocycles. The maximum absolute atomic E-state index is 12.3. The molecule has 8 heteroatoms. The molecule has 0 bridgehead atoms. The molecule has 1 atom stereocenters. The normalized spacial score (nSPS) is 16.2. The second-order valence-corrected chi connectivity index (χ2v) is 3.90. The first-order valence-electron chi connectivity index (χ1n) is 5.18. The van der Waals surface area contributed by atoms with E-state index in [1.54, 1.807) is 0 Å². The van der Waals surface area contributed by atoms with Crippen molar-refractivity contribution in [3.63, 3.8) is 0 Å². The smallest absolute Gasteiger partial charge is 0.355 e. The van der Waals surface area contributed by atoms with Crippen LogP contribution in [0.5, 0.6) is 0 Å². The molecule has 0 fully saturated rings. The third kappa shape index (κ3) is 6.88. The lowest BCUT2D eigenvalue weighted by atomic mass is 10.0. The molecule has 2 nitrogen and oxygen atoms in total. The lowest BCUT2D eigenvalue weighted by molar-refractivity contribution is -0.156. The van der Waals surface area contributed by atoms with Crippen LogP contribution in [0.2, 0.25) is 0 Å². The second kappa shape index (κ2) is 6.63. The van der Waals surface area contributed by atoms with E-state index < -0.39 is 30.4 Å². The van der Waals surface area contributed by atoms with E-state index in [9.17, 15) is 31.1 Å². The summed E-state index contributed by atoms with van der Waals surface area (Å²) in [7, 11) is 0. The average molecular weight is 289 g/mol. The highest BCUT2D eigenvalue weighted by atomic mass is 19.4. The van der Waals surface area contributed by atoms with E-state index >= 15 is 0 Å². The number of hydrogen-bond acceptors (Lipinski definition) is 1. The highest BCUT2D eigenvalue weighted by Gasteiger charge is 2.35. The maximum Gasteiger partial charge on any atom is 0.412 e. The van der Waals surface area contributed by atoms with Gasteiger partial charge in [0.15, 0.2) is 0 Å². The number of alkyl halides is 6. The van der Waals surface area contributed by atoms with Gasteiger partial charge < -0.3 is 5.32 Å². The van der Waals surface area contributed by atoms with E-state index in [2.05, 4.69) is 0 Å². The fraction of sp³-hybridized carbons (Fsp3) is 0.545. The molecule has 0 aromatic heterocycles. The van der Waals surface area contributed by atoms with Crippen molar-refractivity contribution in [2.75, 3.05) is 6.54 Å². The minimum Gasteiger partial charge on any atom is -0.355 e. The highest BCUT2D eigenvalue weighted by Crippen LogP contribution is 2.29. The van der Waals surface area contributed by atoms with Gasteiger partial charge >= 0.3 is 12.4 Å². The van der Waals surface area contributed by atoms with Gasteiger partial charge in [0.1, 0.15) is 0 Å². The fourth-order valence-corrected chi connectivity index (χ4v) is 1.09. The monoisotopic (exact) mass is 289 g/mol. The average Bonchev–Trinajstić information content (AvgIpc) is 2.22. The van der Waals surface area contributed by atoms with E-state index in [1.165, 1.54) is 0 Å². The minimum atomic E-state index is -4.62. The van der Waals surface area contributed by atoms with Crippen LogP contribution in [0.3, 0.4) is 0 Å². The molecular formula is C11H13F6NO. The molecule has 1 N–H and O–H groups in total. The van der Waals surface area contributed by atoms with E-state index in [1.807, 2.05) is 5.32 Å². The van der Waals surface area contributed by atoms with Crippen LogP contribution in [-0.4, -0.2) is 25.3 Å². The van der Waals surface area contributed by atoms with Crippen LogP contribution >= 0.6 is 0 Å². The molecule has 0 spiro atoms. The van der Waals surface area contributed by atoms with Gasteiger partial charge in [-0.2, -0.15) is 26.3 Å². The number of amides is 1. The molecule has 0 rings (SSSR count). The van der Waals surface area contributed by atoms with Crippen molar-refractivity contribution in [3.8, 4) is 0 Å². The SMILES string of the molecule is C/C(=C\C(=C/C(C)C(F)(F)F)CNC=O)C(F)(F)F. The molecule has 1 unspecified atom stereocenters. The van der Waals surface area contributed by atoms with Gasteiger partial charge in [-0.15, -0.1) is 0 Å². The Morgan fingerprint density at radius 3 is 2.11 bits per heavy atom. The molecule has 0 aliphatic heterocycles. The van der Waals surface area contributed by atoms with Crippen LogP contribution in [0.1, 0.15) is 13.8 Å². The van der Waals surface area contributed by atoms with Gasteiger partial charge in [-0.3, -0.25) is 4.79 Å². The molecule has 0 aliphatic carbocycles. The Balaban J connectivity index is 5.23. The second-order valence-electron chi connectivity index (χ2n) is 3.90. The van der Waals surface area contributed by atoms with Crippen molar-refractivity contribution < 1.29 is 31.1 Å². The lowest BCUT2D eigenvalue weighted by Gasteiger charge is -2.14. The number of carbonyl (C=O) groups excluding carboxylic acids is 1. The number of halogens is 6. The third-order valence-corrected chi connectivity index (χ3v) is 2.22. The van der Waals surface area contributed by atoms with Crippen molar-refractivity contribution in [2.45, 2.75) is 26.2 Å². The van der Waals surface area contributed by atoms with Crippen LogP contribution in [0.15, 0.2) is 23.3 Å². The molecule has 0 radical (unpaired) electrons. The summed E-state index contributed by atoms with van der Waals surface area (Å²) in [5.41, 5.74) is -1.30. The van der Waals surface area contributed by atoms with Crippen molar-refractivity contribution in [1.82, 2.24) is 5.32 Å². The van der Waals surface area contributed by atoms with Crippen LogP contribution in [0.25, 0.3) is 0 Å². The first kappa shape index (κ1) is 17.5. The Bertz CT molecular complexity index is 366. The van der Waals surface area contributed by atoms with Gasteiger partial charge in [-0.05, 0) is 18.6 Å². The van der Waals surface area contributed by atoms with Crippen molar-refractivity contribution >= 4 is 6.41 Å².